The van der Waals surface area contributed by atoms with Crippen molar-refractivity contribution >= 4 is 11.5 Å². The molecule has 19 heavy (non-hydrogen) atoms. The topological polar surface area (TPSA) is 80.4 Å². The van der Waals surface area contributed by atoms with E-state index in [0.29, 0.717) is 23.9 Å². The fourth-order valence-corrected chi connectivity index (χ4v) is 1.37. The molecule has 1 aromatic rings. The monoisotopic (exact) mass is 267 g/mol. The predicted octanol–water partition coefficient (Wildman–Crippen LogP) is 2.27. The van der Waals surface area contributed by atoms with Gasteiger partial charge in [0.05, 0.1) is 11.8 Å². The first-order valence-electron chi connectivity index (χ1n) is 6.56. The van der Waals surface area contributed by atoms with Crippen molar-refractivity contribution in [1.82, 2.24) is 4.98 Å². The lowest BCUT2D eigenvalue weighted by Crippen LogP contribution is -2.26. The van der Waals surface area contributed by atoms with Gasteiger partial charge in [0.1, 0.15) is 11.4 Å². The van der Waals surface area contributed by atoms with Gasteiger partial charge >= 0.3 is 0 Å². The molecule has 1 aromatic heterocycles. The summed E-state index contributed by atoms with van der Waals surface area (Å²) in [4.78, 5) is 4.32. The lowest BCUT2D eigenvalue weighted by molar-refractivity contribution is 0.125. The minimum atomic E-state index is -0.411. The number of nitrogen functional groups attached to an aromatic ring is 1. The molecule has 0 aliphatic carbocycles. The van der Waals surface area contributed by atoms with Crippen molar-refractivity contribution in [2.24, 2.45) is 5.92 Å². The molecular formula is C14H25N3O2. The Labute approximate surface area is 115 Å². The molecule has 5 heteroatoms. The van der Waals surface area contributed by atoms with Crippen LogP contribution in [0.15, 0.2) is 12.1 Å². The number of pyridine rings is 1. The van der Waals surface area contributed by atoms with Gasteiger partial charge < -0.3 is 20.9 Å². The van der Waals surface area contributed by atoms with E-state index in [9.17, 15) is 5.11 Å². The zero-order valence-electron chi connectivity index (χ0n) is 12.4. The number of hydrogen-bond acceptors (Lipinski definition) is 5. The quantitative estimate of drug-likeness (QED) is 0.762. The molecule has 0 spiro atoms. The Morgan fingerprint density at radius 3 is 2.53 bits per heavy atom. The number of anilines is 2. The van der Waals surface area contributed by atoms with Gasteiger partial charge in [-0.3, -0.25) is 0 Å². The fraction of sp³-hybridized carbons (Fsp3) is 0.643. The maximum Gasteiger partial charge on any atom is 0.239 e. The van der Waals surface area contributed by atoms with Crippen molar-refractivity contribution in [3.05, 3.63) is 12.1 Å². The minimum absolute atomic E-state index is 0.201. The van der Waals surface area contributed by atoms with Crippen molar-refractivity contribution < 1.29 is 9.84 Å². The first kappa shape index (κ1) is 15.6. The molecule has 0 aliphatic heterocycles. The summed E-state index contributed by atoms with van der Waals surface area (Å²) < 4.78 is 5.69. The molecule has 5 nitrogen and oxygen atoms in total. The van der Waals surface area contributed by atoms with Crippen molar-refractivity contribution in [3.63, 3.8) is 0 Å². The number of ether oxygens (including phenoxy) is 1. The van der Waals surface area contributed by atoms with E-state index in [1.807, 2.05) is 34.6 Å². The Kier molecular flexibility index (Phi) is 5.00. The highest BCUT2D eigenvalue weighted by atomic mass is 16.5. The predicted molar refractivity (Wildman–Crippen MR) is 78.4 cm³/mol. The first-order chi connectivity index (χ1) is 8.69. The summed E-state index contributed by atoms with van der Waals surface area (Å²) in [5.74, 6) is 1.26. The van der Waals surface area contributed by atoms with E-state index in [0.717, 1.165) is 0 Å². The third-order valence-corrected chi connectivity index (χ3v) is 2.55. The van der Waals surface area contributed by atoms with E-state index < -0.39 is 6.10 Å². The van der Waals surface area contributed by atoms with Gasteiger partial charge in [-0.05, 0) is 38.8 Å². The molecule has 0 bridgehead atoms. The summed E-state index contributed by atoms with van der Waals surface area (Å²) in [6.45, 7) is 10.2. The number of nitrogens with zero attached hydrogens (tertiary/aromatic N) is 1. The Bertz CT molecular complexity index is 414. The lowest BCUT2D eigenvalue weighted by Gasteiger charge is -2.22. The molecule has 1 rings (SSSR count). The third kappa shape index (κ3) is 5.34. The second-order valence-corrected chi connectivity index (χ2v) is 6.00. The van der Waals surface area contributed by atoms with E-state index >= 15 is 0 Å². The van der Waals surface area contributed by atoms with Crippen molar-refractivity contribution in [3.8, 4) is 5.88 Å². The van der Waals surface area contributed by atoms with Crippen LogP contribution in [0.3, 0.4) is 0 Å². The summed E-state index contributed by atoms with van der Waals surface area (Å²) in [6, 6.07) is 3.52. The molecule has 1 unspecified atom stereocenters. The largest absolute Gasteiger partial charge is 0.470 e. The molecule has 0 aromatic carbocycles. The van der Waals surface area contributed by atoms with Crippen LogP contribution in [0.25, 0.3) is 0 Å². The molecular weight excluding hydrogens is 242 g/mol. The molecule has 0 aliphatic rings. The second-order valence-electron chi connectivity index (χ2n) is 6.00. The Hall–Kier alpha value is -1.49. The first-order valence-corrected chi connectivity index (χ1v) is 6.56. The van der Waals surface area contributed by atoms with Gasteiger partial charge in [-0.2, -0.15) is 4.98 Å². The van der Waals surface area contributed by atoms with Crippen LogP contribution in [0.2, 0.25) is 0 Å². The van der Waals surface area contributed by atoms with Crippen LogP contribution in [-0.4, -0.2) is 28.3 Å². The number of hydrogen-bond donors (Lipinski definition) is 3. The lowest BCUT2D eigenvalue weighted by atomic mass is 10.1. The van der Waals surface area contributed by atoms with Gasteiger partial charge in [0.25, 0.3) is 0 Å². The SMILES string of the molecule is CC(C)C(O)CNc1ccc(N)c(OC(C)(C)C)n1. The Balaban J connectivity index is 2.73. The van der Waals surface area contributed by atoms with Crippen LogP contribution < -0.4 is 15.8 Å². The number of nitrogens with one attached hydrogen (secondary N) is 1. The summed E-state index contributed by atoms with van der Waals surface area (Å²) >= 11 is 0. The molecule has 0 radical (unpaired) electrons. The highest BCUT2D eigenvalue weighted by molar-refractivity contribution is 5.53. The van der Waals surface area contributed by atoms with Crippen molar-refractivity contribution in [2.75, 3.05) is 17.6 Å². The van der Waals surface area contributed by atoms with Gasteiger partial charge in [0, 0.05) is 6.54 Å². The summed E-state index contributed by atoms with van der Waals surface area (Å²) in [5.41, 5.74) is 5.99. The van der Waals surface area contributed by atoms with Gasteiger partial charge in [-0.25, -0.2) is 0 Å². The van der Waals surface area contributed by atoms with Crippen LogP contribution in [0.5, 0.6) is 5.88 Å². The standard InChI is InChI=1S/C14H25N3O2/c1-9(2)11(18)8-16-12-7-6-10(15)13(17-12)19-14(3,4)5/h6-7,9,11,18H,8,15H2,1-5H3,(H,16,17). The van der Waals surface area contributed by atoms with Crippen LogP contribution in [0.4, 0.5) is 11.5 Å². The molecule has 0 saturated heterocycles. The number of aliphatic hydroxyl groups is 1. The third-order valence-electron chi connectivity index (χ3n) is 2.55. The molecule has 0 saturated carbocycles. The van der Waals surface area contributed by atoms with E-state index in [2.05, 4.69) is 10.3 Å². The fourth-order valence-electron chi connectivity index (χ4n) is 1.37. The number of aromatic nitrogens is 1. The molecule has 1 atom stereocenters. The van der Waals surface area contributed by atoms with Gasteiger partial charge in [-0.15, -0.1) is 0 Å². The summed E-state index contributed by atoms with van der Waals surface area (Å²) in [5, 5.41) is 12.8. The van der Waals surface area contributed by atoms with Gasteiger partial charge in [0.15, 0.2) is 0 Å². The average molecular weight is 267 g/mol. The van der Waals surface area contributed by atoms with Crippen LogP contribution in [-0.2, 0) is 0 Å². The van der Waals surface area contributed by atoms with Crippen molar-refractivity contribution in [2.45, 2.75) is 46.3 Å². The summed E-state index contributed by atoms with van der Waals surface area (Å²) in [7, 11) is 0. The number of rotatable bonds is 5. The van der Waals surface area contributed by atoms with E-state index in [4.69, 9.17) is 10.5 Å². The average Bonchev–Trinajstić information content (AvgIpc) is 2.27. The van der Waals surface area contributed by atoms with E-state index in [-0.39, 0.29) is 11.5 Å². The normalized spacial score (nSPS) is 13.4. The number of nitrogens with two attached hydrogens (primary N) is 1. The van der Waals surface area contributed by atoms with Crippen LogP contribution in [0, 0.1) is 5.92 Å². The smallest absolute Gasteiger partial charge is 0.239 e. The maximum atomic E-state index is 9.75. The number of aliphatic hydroxyl groups excluding tert-OH is 1. The van der Waals surface area contributed by atoms with Crippen LogP contribution >= 0.6 is 0 Å². The second kappa shape index (κ2) is 6.10. The highest BCUT2D eigenvalue weighted by Gasteiger charge is 2.16. The van der Waals surface area contributed by atoms with E-state index in [1.165, 1.54) is 0 Å². The summed E-state index contributed by atoms with van der Waals surface area (Å²) in [6.07, 6.45) is -0.411. The van der Waals surface area contributed by atoms with Crippen molar-refractivity contribution in [1.29, 1.82) is 0 Å². The van der Waals surface area contributed by atoms with Crippen LogP contribution in [0.1, 0.15) is 34.6 Å². The zero-order valence-corrected chi connectivity index (χ0v) is 12.4. The minimum Gasteiger partial charge on any atom is -0.470 e. The molecule has 0 fully saturated rings. The van der Waals surface area contributed by atoms with Gasteiger partial charge in [-0.1, -0.05) is 13.8 Å². The molecule has 1 heterocycles. The maximum absolute atomic E-state index is 9.75. The van der Waals surface area contributed by atoms with Gasteiger partial charge in [0.2, 0.25) is 5.88 Å². The molecule has 4 N–H and O–H groups in total. The molecule has 0 amide bonds. The highest BCUT2D eigenvalue weighted by Crippen LogP contribution is 2.24. The molecule has 108 valence electrons. The Morgan fingerprint density at radius 1 is 1.37 bits per heavy atom. The Morgan fingerprint density at radius 2 is 2.00 bits per heavy atom. The van der Waals surface area contributed by atoms with E-state index in [1.54, 1.807) is 12.1 Å². The zero-order chi connectivity index (χ0) is 14.6.